The molecule has 0 radical (unpaired) electrons. The number of aromatic nitrogens is 1. The molecule has 0 aliphatic carbocycles. The van der Waals surface area contributed by atoms with Crippen LogP contribution in [0.3, 0.4) is 0 Å². The van der Waals surface area contributed by atoms with Gasteiger partial charge in [0.25, 0.3) is 0 Å². The lowest BCUT2D eigenvalue weighted by atomic mass is 10.1. The standard InChI is InChI=1S/C19H21N3/c1-21(2)16-11-15(12-17(13-16)22(3)4)19-10-9-14-7-5-6-8-18(14)20-19/h5-13H,1-4H3. The maximum Gasteiger partial charge on any atom is 0.0711 e. The van der Waals surface area contributed by atoms with E-state index in [9.17, 15) is 0 Å². The number of rotatable bonds is 3. The maximum absolute atomic E-state index is 4.81. The molecule has 0 bridgehead atoms. The second-order valence-electron chi connectivity index (χ2n) is 5.92. The van der Waals surface area contributed by atoms with Crippen LogP contribution < -0.4 is 9.80 Å². The molecule has 0 fully saturated rings. The number of anilines is 2. The van der Waals surface area contributed by atoms with Gasteiger partial charge >= 0.3 is 0 Å². The minimum absolute atomic E-state index is 1.01. The Balaban J connectivity index is 2.16. The molecule has 0 atom stereocenters. The minimum Gasteiger partial charge on any atom is -0.378 e. The minimum atomic E-state index is 1.01. The van der Waals surface area contributed by atoms with E-state index >= 15 is 0 Å². The van der Waals surface area contributed by atoms with Gasteiger partial charge in [-0.2, -0.15) is 0 Å². The summed E-state index contributed by atoms with van der Waals surface area (Å²) < 4.78 is 0. The molecule has 0 aliphatic heterocycles. The van der Waals surface area contributed by atoms with Crippen LogP contribution in [0, 0.1) is 0 Å². The van der Waals surface area contributed by atoms with Gasteiger partial charge in [0.2, 0.25) is 0 Å². The van der Waals surface area contributed by atoms with Crippen LogP contribution in [0.4, 0.5) is 11.4 Å². The Labute approximate surface area is 131 Å². The summed E-state index contributed by atoms with van der Waals surface area (Å²) >= 11 is 0. The zero-order valence-electron chi connectivity index (χ0n) is 13.5. The fraction of sp³-hybridized carbons (Fsp3) is 0.211. The molecule has 1 aromatic heterocycles. The molecule has 0 saturated heterocycles. The van der Waals surface area contributed by atoms with Crippen LogP contribution >= 0.6 is 0 Å². The van der Waals surface area contributed by atoms with Gasteiger partial charge in [-0.3, -0.25) is 0 Å². The first-order chi connectivity index (χ1) is 10.5. The van der Waals surface area contributed by atoms with E-state index in [4.69, 9.17) is 4.98 Å². The Kier molecular flexibility index (Phi) is 3.72. The summed E-state index contributed by atoms with van der Waals surface area (Å²) in [5.41, 5.74) is 5.53. The van der Waals surface area contributed by atoms with Crippen LogP contribution in [0.1, 0.15) is 0 Å². The second-order valence-corrected chi connectivity index (χ2v) is 5.92. The van der Waals surface area contributed by atoms with Crippen LogP contribution in [-0.4, -0.2) is 33.2 Å². The summed E-state index contributed by atoms with van der Waals surface area (Å²) in [6.07, 6.45) is 0. The average molecular weight is 291 g/mol. The topological polar surface area (TPSA) is 19.4 Å². The molecular formula is C19H21N3. The van der Waals surface area contributed by atoms with E-state index in [1.54, 1.807) is 0 Å². The fourth-order valence-corrected chi connectivity index (χ4v) is 2.49. The van der Waals surface area contributed by atoms with Crippen molar-refractivity contribution in [1.29, 1.82) is 0 Å². The summed E-state index contributed by atoms with van der Waals surface area (Å²) in [7, 11) is 8.25. The van der Waals surface area contributed by atoms with Gasteiger partial charge < -0.3 is 9.80 Å². The van der Waals surface area contributed by atoms with E-state index in [-0.39, 0.29) is 0 Å². The fourth-order valence-electron chi connectivity index (χ4n) is 2.49. The van der Waals surface area contributed by atoms with Crippen molar-refractivity contribution in [3.63, 3.8) is 0 Å². The van der Waals surface area contributed by atoms with Gasteiger partial charge in [0.15, 0.2) is 0 Å². The van der Waals surface area contributed by atoms with Gasteiger partial charge in [0.05, 0.1) is 11.2 Å². The van der Waals surface area contributed by atoms with Crippen LogP contribution in [0.15, 0.2) is 54.6 Å². The maximum atomic E-state index is 4.81. The van der Waals surface area contributed by atoms with Crippen molar-refractivity contribution >= 4 is 22.3 Å². The van der Waals surface area contributed by atoms with Crippen molar-refractivity contribution in [2.45, 2.75) is 0 Å². The Morgan fingerprint density at radius 2 is 1.36 bits per heavy atom. The summed E-state index contributed by atoms with van der Waals surface area (Å²) in [5, 5.41) is 1.17. The zero-order chi connectivity index (χ0) is 15.7. The van der Waals surface area contributed by atoms with E-state index in [2.05, 4.69) is 80.5 Å². The van der Waals surface area contributed by atoms with Crippen molar-refractivity contribution < 1.29 is 0 Å². The third-order valence-electron chi connectivity index (χ3n) is 3.83. The van der Waals surface area contributed by atoms with E-state index in [0.29, 0.717) is 0 Å². The summed E-state index contributed by atoms with van der Waals surface area (Å²) in [4.78, 5) is 9.05. The Bertz CT molecular complexity index is 780. The van der Waals surface area contributed by atoms with E-state index in [0.717, 1.165) is 16.8 Å². The van der Waals surface area contributed by atoms with Gasteiger partial charge in [-0.25, -0.2) is 4.98 Å². The lowest BCUT2D eigenvalue weighted by molar-refractivity contribution is 1.10. The molecule has 0 aliphatic rings. The molecule has 3 heteroatoms. The highest BCUT2D eigenvalue weighted by molar-refractivity contribution is 5.82. The highest BCUT2D eigenvalue weighted by atomic mass is 15.1. The Hall–Kier alpha value is -2.55. The molecule has 3 nitrogen and oxygen atoms in total. The molecule has 2 aromatic carbocycles. The molecule has 0 unspecified atom stereocenters. The summed E-state index contributed by atoms with van der Waals surface area (Å²) in [6.45, 7) is 0. The predicted octanol–water partition coefficient (Wildman–Crippen LogP) is 4.03. The Morgan fingerprint density at radius 1 is 0.727 bits per heavy atom. The number of para-hydroxylation sites is 1. The number of fused-ring (bicyclic) bond motifs is 1. The van der Waals surface area contributed by atoms with Crippen LogP contribution in [0.25, 0.3) is 22.2 Å². The molecular weight excluding hydrogens is 270 g/mol. The lowest BCUT2D eigenvalue weighted by Crippen LogP contribution is -2.12. The van der Waals surface area contributed by atoms with Gasteiger partial charge in [-0.1, -0.05) is 24.3 Å². The SMILES string of the molecule is CN(C)c1cc(-c2ccc3ccccc3n2)cc(N(C)C)c1. The van der Waals surface area contributed by atoms with E-state index in [1.165, 1.54) is 16.8 Å². The molecule has 3 aromatic rings. The van der Waals surface area contributed by atoms with Crippen molar-refractivity contribution in [2.24, 2.45) is 0 Å². The lowest BCUT2D eigenvalue weighted by Gasteiger charge is -2.20. The largest absolute Gasteiger partial charge is 0.378 e. The first-order valence-electron chi connectivity index (χ1n) is 7.40. The molecule has 0 saturated carbocycles. The molecule has 1 heterocycles. The summed E-state index contributed by atoms with van der Waals surface area (Å²) in [5.74, 6) is 0. The van der Waals surface area contributed by atoms with Crippen molar-refractivity contribution in [3.05, 3.63) is 54.6 Å². The smallest absolute Gasteiger partial charge is 0.0711 e. The number of nitrogens with zero attached hydrogens (tertiary/aromatic N) is 3. The van der Waals surface area contributed by atoms with Crippen molar-refractivity contribution in [3.8, 4) is 11.3 Å². The first kappa shape index (κ1) is 14.4. The average Bonchev–Trinajstić information content (AvgIpc) is 2.53. The summed E-state index contributed by atoms with van der Waals surface area (Å²) in [6, 6.07) is 19.0. The highest BCUT2D eigenvalue weighted by Crippen LogP contribution is 2.29. The first-order valence-corrected chi connectivity index (χ1v) is 7.40. The highest BCUT2D eigenvalue weighted by Gasteiger charge is 2.08. The molecule has 0 N–H and O–H groups in total. The monoisotopic (exact) mass is 291 g/mol. The Morgan fingerprint density at radius 3 is 2.00 bits per heavy atom. The van der Waals surface area contributed by atoms with Gasteiger partial charge in [-0.15, -0.1) is 0 Å². The number of hydrogen-bond donors (Lipinski definition) is 0. The van der Waals surface area contributed by atoms with E-state index in [1.807, 2.05) is 12.1 Å². The van der Waals surface area contributed by atoms with Crippen molar-refractivity contribution in [2.75, 3.05) is 38.0 Å². The third kappa shape index (κ3) is 2.75. The molecule has 22 heavy (non-hydrogen) atoms. The zero-order valence-corrected chi connectivity index (χ0v) is 13.5. The second kappa shape index (κ2) is 5.68. The van der Waals surface area contributed by atoms with Gasteiger partial charge in [0, 0.05) is 50.5 Å². The number of benzene rings is 2. The van der Waals surface area contributed by atoms with Crippen LogP contribution in [0.2, 0.25) is 0 Å². The van der Waals surface area contributed by atoms with Gasteiger partial charge in [0.1, 0.15) is 0 Å². The number of pyridine rings is 1. The molecule has 0 spiro atoms. The number of hydrogen-bond acceptors (Lipinski definition) is 3. The molecule has 112 valence electrons. The molecule has 3 rings (SSSR count). The van der Waals surface area contributed by atoms with Gasteiger partial charge in [-0.05, 0) is 30.3 Å². The van der Waals surface area contributed by atoms with Crippen molar-refractivity contribution in [1.82, 2.24) is 4.98 Å². The normalized spacial score (nSPS) is 10.7. The van der Waals surface area contributed by atoms with Crippen LogP contribution in [-0.2, 0) is 0 Å². The predicted molar refractivity (Wildman–Crippen MR) is 95.8 cm³/mol. The van der Waals surface area contributed by atoms with E-state index < -0.39 is 0 Å². The third-order valence-corrected chi connectivity index (χ3v) is 3.83. The van der Waals surface area contributed by atoms with Crippen LogP contribution in [0.5, 0.6) is 0 Å². The molecule has 0 amide bonds. The quantitative estimate of drug-likeness (QED) is 0.726.